The Kier molecular flexibility index (Phi) is 8.29. The van der Waals surface area contributed by atoms with Crippen LogP contribution in [0.4, 0.5) is 0 Å². The molecule has 0 radical (unpaired) electrons. The summed E-state index contributed by atoms with van der Waals surface area (Å²) < 4.78 is 25.2. The lowest BCUT2D eigenvalue weighted by Gasteiger charge is -2.12. The van der Waals surface area contributed by atoms with Crippen molar-refractivity contribution in [1.29, 1.82) is 0 Å². The van der Waals surface area contributed by atoms with Crippen LogP contribution in [0.1, 0.15) is 16.6 Å². The summed E-state index contributed by atoms with van der Waals surface area (Å²) in [6.45, 7) is 3.92. The molecule has 0 saturated heterocycles. The Morgan fingerprint density at radius 3 is 2.55 bits per heavy atom. The summed E-state index contributed by atoms with van der Waals surface area (Å²) in [5.41, 5.74) is 0. The number of likely N-dealkylation sites (N-methyl/N-ethyl adjacent to an activating group) is 1. The fourth-order valence-corrected chi connectivity index (χ4v) is 3.59. The monoisotopic (exact) mass is 341 g/mol. The van der Waals surface area contributed by atoms with E-state index < -0.39 is 10.0 Å². The highest BCUT2D eigenvalue weighted by molar-refractivity contribution is 7.89. The Hall–Kier alpha value is -0.670. The van der Waals surface area contributed by atoms with E-state index in [0.29, 0.717) is 13.1 Å². The highest BCUT2D eigenvalue weighted by Crippen LogP contribution is 2.23. The molecular weight excluding hydrogens is 322 g/mol. The molecule has 6 nitrogen and oxygen atoms in total. The third-order valence-corrected chi connectivity index (χ3v) is 5.33. The lowest BCUT2D eigenvalue weighted by atomic mass is 10.4. The molecule has 1 rings (SSSR count). The minimum absolute atomic E-state index is 0. The van der Waals surface area contributed by atoms with Crippen molar-refractivity contribution in [3.8, 4) is 0 Å². The SMILES string of the molecule is CCNCCNC(=O)c1sccc1S(=O)(=O)N(C)C.Cl. The molecule has 20 heavy (non-hydrogen) atoms. The molecule has 9 heteroatoms. The highest BCUT2D eigenvalue weighted by Gasteiger charge is 2.25. The van der Waals surface area contributed by atoms with E-state index in [1.807, 2.05) is 6.92 Å². The van der Waals surface area contributed by atoms with E-state index in [1.165, 1.54) is 20.2 Å². The number of carbonyl (C=O) groups is 1. The van der Waals surface area contributed by atoms with Crippen molar-refractivity contribution in [2.45, 2.75) is 11.8 Å². The second-order valence-corrected chi connectivity index (χ2v) is 7.05. The molecular formula is C11H20ClN3O3S2. The summed E-state index contributed by atoms with van der Waals surface area (Å²) in [6.07, 6.45) is 0. The van der Waals surface area contributed by atoms with Crippen LogP contribution in [0.15, 0.2) is 16.3 Å². The van der Waals surface area contributed by atoms with Gasteiger partial charge in [-0.25, -0.2) is 12.7 Å². The number of halogens is 1. The number of hydrogen-bond donors (Lipinski definition) is 2. The van der Waals surface area contributed by atoms with Gasteiger partial charge in [-0.05, 0) is 18.0 Å². The zero-order chi connectivity index (χ0) is 14.5. The van der Waals surface area contributed by atoms with Crippen LogP contribution in [0.2, 0.25) is 0 Å². The van der Waals surface area contributed by atoms with Gasteiger partial charge in [0.25, 0.3) is 5.91 Å². The maximum atomic E-state index is 12.0. The van der Waals surface area contributed by atoms with Crippen LogP contribution in [-0.2, 0) is 10.0 Å². The number of thiophene rings is 1. The van der Waals surface area contributed by atoms with E-state index in [2.05, 4.69) is 10.6 Å². The summed E-state index contributed by atoms with van der Waals surface area (Å²) in [5.74, 6) is -0.353. The first-order valence-corrected chi connectivity index (χ1v) is 8.22. The van der Waals surface area contributed by atoms with E-state index in [4.69, 9.17) is 0 Å². The molecule has 116 valence electrons. The molecule has 0 spiro atoms. The van der Waals surface area contributed by atoms with Crippen LogP contribution < -0.4 is 10.6 Å². The lowest BCUT2D eigenvalue weighted by Crippen LogP contribution is -2.32. The van der Waals surface area contributed by atoms with Crippen molar-refractivity contribution in [2.75, 3.05) is 33.7 Å². The molecule has 0 aliphatic rings. The minimum Gasteiger partial charge on any atom is -0.350 e. The summed E-state index contributed by atoms with van der Waals surface area (Å²) in [4.78, 5) is 12.2. The van der Waals surface area contributed by atoms with Crippen LogP contribution in [0.3, 0.4) is 0 Å². The Morgan fingerprint density at radius 2 is 2.00 bits per heavy atom. The van der Waals surface area contributed by atoms with Gasteiger partial charge in [-0.15, -0.1) is 23.7 Å². The summed E-state index contributed by atoms with van der Waals surface area (Å²) in [7, 11) is -0.689. The van der Waals surface area contributed by atoms with Crippen LogP contribution >= 0.6 is 23.7 Å². The first kappa shape index (κ1) is 19.3. The van der Waals surface area contributed by atoms with Crippen LogP contribution in [0, 0.1) is 0 Å². The third kappa shape index (κ3) is 4.71. The van der Waals surface area contributed by atoms with Crippen molar-refractivity contribution in [1.82, 2.24) is 14.9 Å². The predicted molar refractivity (Wildman–Crippen MR) is 83.3 cm³/mol. The van der Waals surface area contributed by atoms with Crippen LogP contribution in [-0.4, -0.2) is 52.4 Å². The number of rotatable bonds is 7. The topological polar surface area (TPSA) is 78.5 Å². The normalized spacial score (nSPS) is 11.2. The molecule has 0 aliphatic carbocycles. The molecule has 1 aromatic rings. The maximum absolute atomic E-state index is 12.0. The van der Waals surface area contributed by atoms with Crippen LogP contribution in [0.5, 0.6) is 0 Å². The Labute approximate surface area is 130 Å². The number of sulfonamides is 1. The molecule has 0 bridgehead atoms. The molecule has 0 atom stereocenters. The van der Waals surface area contributed by atoms with Gasteiger partial charge in [0.05, 0.1) is 0 Å². The molecule has 1 amide bonds. The number of nitrogens with one attached hydrogen (secondary N) is 2. The summed E-state index contributed by atoms with van der Waals surface area (Å²) in [5, 5.41) is 7.38. The molecule has 1 aromatic heterocycles. The van der Waals surface area contributed by atoms with Crippen molar-refractivity contribution >= 4 is 39.7 Å². The average molecular weight is 342 g/mol. The van der Waals surface area contributed by atoms with Crippen molar-refractivity contribution < 1.29 is 13.2 Å². The minimum atomic E-state index is -3.58. The van der Waals surface area contributed by atoms with Gasteiger partial charge in [0.15, 0.2) is 0 Å². The molecule has 1 heterocycles. The van der Waals surface area contributed by atoms with Crippen molar-refractivity contribution in [2.24, 2.45) is 0 Å². The molecule has 0 aliphatic heterocycles. The van der Waals surface area contributed by atoms with Gasteiger partial charge >= 0.3 is 0 Å². The Morgan fingerprint density at radius 1 is 1.35 bits per heavy atom. The zero-order valence-electron chi connectivity index (χ0n) is 11.7. The lowest BCUT2D eigenvalue weighted by molar-refractivity contribution is 0.0955. The summed E-state index contributed by atoms with van der Waals surface area (Å²) in [6, 6.07) is 1.46. The highest BCUT2D eigenvalue weighted by atomic mass is 35.5. The fraction of sp³-hybridized carbons (Fsp3) is 0.545. The zero-order valence-corrected chi connectivity index (χ0v) is 14.1. The van der Waals surface area contributed by atoms with Gasteiger partial charge in [-0.2, -0.15) is 0 Å². The molecule has 2 N–H and O–H groups in total. The van der Waals surface area contributed by atoms with Gasteiger partial charge in [-0.3, -0.25) is 4.79 Å². The van der Waals surface area contributed by atoms with E-state index in [0.717, 1.165) is 22.2 Å². The Bertz CT molecular complexity index is 529. The van der Waals surface area contributed by atoms with Gasteiger partial charge < -0.3 is 10.6 Å². The molecule has 0 fully saturated rings. The predicted octanol–water partition coefficient (Wildman–Crippen LogP) is 0.760. The molecule has 0 aromatic carbocycles. The van der Waals surface area contributed by atoms with Crippen molar-refractivity contribution in [3.05, 3.63) is 16.3 Å². The second-order valence-electron chi connectivity index (χ2n) is 4.01. The largest absolute Gasteiger partial charge is 0.350 e. The number of amides is 1. The van der Waals surface area contributed by atoms with E-state index in [1.54, 1.807) is 5.38 Å². The summed E-state index contributed by atoms with van der Waals surface area (Å²) >= 11 is 1.13. The van der Waals surface area contributed by atoms with Gasteiger partial charge in [0, 0.05) is 27.2 Å². The third-order valence-electron chi connectivity index (χ3n) is 2.43. The Balaban J connectivity index is 0.00000361. The quantitative estimate of drug-likeness (QED) is 0.718. The van der Waals surface area contributed by atoms with Gasteiger partial charge in [0.2, 0.25) is 10.0 Å². The van der Waals surface area contributed by atoms with Crippen LogP contribution in [0.25, 0.3) is 0 Å². The molecule has 0 unspecified atom stereocenters. The van der Waals surface area contributed by atoms with Gasteiger partial charge in [0.1, 0.15) is 9.77 Å². The average Bonchev–Trinajstić information content (AvgIpc) is 2.84. The smallest absolute Gasteiger partial charge is 0.262 e. The molecule has 0 saturated carbocycles. The number of carbonyl (C=O) groups excluding carboxylic acids is 1. The number of nitrogens with zero attached hydrogens (tertiary/aromatic N) is 1. The first-order chi connectivity index (χ1) is 8.91. The standard InChI is InChI=1S/C11H19N3O3S2.ClH/c1-4-12-6-7-13-11(15)10-9(5-8-18-10)19(16,17)14(2)3;/h5,8,12H,4,6-7H2,1-3H3,(H,13,15);1H. The second kappa shape index (κ2) is 8.58. The van der Waals surface area contributed by atoms with E-state index >= 15 is 0 Å². The maximum Gasteiger partial charge on any atom is 0.262 e. The fourth-order valence-electron chi connectivity index (χ4n) is 1.38. The van der Waals surface area contributed by atoms with Crippen molar-refractivity contribution in [3.63, 3.8) is 0 Å². The van der Waals surface area contributed by atoms with Gasteiger partial charge in [-0.1, -0.05) is 6.92 Å². The van der Waals surface area contributed by atoms with E-state index in [-0.39, 0.29) is 28.1 Å². The number of hydrogen-bond acceptors (Lipinski definition) is 5. The first-order valence-electron chi connectivity index (χ1n) is 5.90. The van der Waals surface area contributed by atoms with E-state index in [9.17, 15) is 13.2 Å².